The van der Waals surface area contributed by atoms with Crippen LogP contribution in [0, 0.1) is 18.3 Å². The number of hydrogen-bond donors (Lipinski definition) is 0. The van der Waals surface area contributed by atoms with E-state index >= 15 is 0 Å². The van der Waals surface area contributed by atoms with Crippen LogP contribution in [-0.4, -0.2) is 4.75 Å². The molecule has 1 saturated carbocycles. The molecule has 3 rings (SSSR count). The summed E-state index contributed by atoms with van der Waals surface area (Å²) in [4.78, 5) is 1.21. The van der Waals surface area contributed by atoms with Crippen LogP contribution in [0.2, 0.25) is 0 Å². The second-order valence-corrected chi connectivity index (χ2v) is 7.00. The third kappa shape index (κ3) is 2.59. The Morgan fingerprint density at radius 3 is 2.50 bits per heavy atom. The van der Waals surface area contributed by atoms with Crippen LogP contribution in [0.1, 0.15) is 29.9 Å². The zero-order valence-electron chi connectivity index (χ0n) is 11.5. The molecule has 0 spiro atoms. The summed E-state index contributed by atoms with van der Waals surface area (Å²) in [6.07, 6.45) is 1.90. The number of hydrogen-bond acceptors (Lipinski definition) is 2. The van der Waals surface area contributed by atoms with Gasteiger partial charge in [-0.05, 0) is 43.4 Å². The largest absolute Gasteiger partial charge is 0.197 e. The van der Waals surface area contributed by atoms with Crippen molar-refractivity contribution in [1.29, 1.82) is 5.26 Å². The van der Waals surface area contributed by atoms with Gasteiger partial charge in [0.2, 0.25) is 0 Å². The molecule has 100 valence electrons. The van der Waals surface area contributed by atoms with Gasteiger partial charge in [0.25, 0.3) is 0 Å². The first-order valence-corrected chi connectivity index (χ1v) is 7.74. The van der Waals surface area contributed by atoms with Crippen molar-refractivity contribution in [3.63, 3.8) is 0 Å². The van der Waals surface area contributed by atoms with E-state index in [-0.39, 0.29) is 4.75 Å². The fourth-order valence-electron chi connectivity index (χ4n) is 2.80. The van der Waals surface area contributed by atoms with Crippen LogP contribution in [0.4, 0.5) is 0 Å². The topological polar surface area (TPSA) is 23.8 Å². The van der Waals surface area contributed by atoms with Gasteiger partial charge in [-0.3, -0.25) is 0 Å². The van der Waals surface area contributed by atoms with Crippen molar-refractivity contribution in [1.82, 2.24) is 0 Å². The van der Waals surface area contributed by atoms with Gasteiger partial charge in [-0.25, -0.2) is 0 Å². The van der Waals surface area contributed by atoms with E-state index < -0.39 is 0 Å². The van der Waals surface area contributed by atoms with Crippen molar-refractivity contribution in [3.8, 4) is 6.07 Å². The van der Waals surface area contributed by atoms with Crippen LogP contribution < -0.4 is 0 Å². The summed E-state index contributed by atoms with van der Waals surface area (Å²) in [5, 5.41) is 9.56. The van der Waals surface area contributed by atoms with E-state index in [1.165, 1.54) is 16.0 Å². The number of rotatable bonds is 3. The maximum atomic E-state index is 9.56. The lowest BCUT2D eigenvalue weighted by molar-refractivity contribution is 0.368. The zero-order chi connectivity index (χ0) is 14.0. The molecule has 1 fully saturated rings. The van der Waals surface area contributed by atoms with Gasteiger partial charge in [-0.2, -0.15) is 5.26 Å². The first kappa shape index (κ1) is 13.3. The summed E-state index contributed by atoms with van der Waals surface area (Å²) in [5.74, 6) is 0.535. The molecule has 1 aliphatic carbocycles. The van der Waals surface area contributed by atoms with Crippen molar-refractivity contribution in [3.05, 3.63) is 65.7 Å². The third-order valence-corrected chi connectivity index (χ3v) is 5.23. The van der Waals surface area contributed by atoms with Crippen molar-refractivity contribution in [2.24, 2.45) is 0 Å². The summed E-state index contributed by atoms with van der Waals surface area (Å²) in [5.41, 5.74) is 2.62. The number of nitriles is 1. The lowest BCUT2D eigenvalue weighted by atomic mass is 9.71. The zero-order valence-corrected chi connectivity index (χ0v) is 12.4. The standard InChI is InChI=1S/C18H17NS/c1-14-6-5-9-17(10-14)20-18(13-19)11-16(12-18)15-7-3-2-4-8-15/h2-10,16H,11-12H2,1H3. The van der Waals surface area contributed by atoms with E-state index in [9.17, 15) is 5.26 Å². The molecule has 1 aliphatic rings. The van der Waals surface area contributed by atoms with E-state index in [1.807, 2.05) is 6.07 Å². The van der Waals surface area contributed by atoms with Crippen LogP contribution in [-0.2, 0) is 0 Å². The Kier molecular flexibility index (Phi) is 3.54. The minimum absolute atomic E-state index is 0.242. The van der Waals surface area contributed by atoms with Crippen LogP contribution in [0.25, 0.3) is 0 Å². The molecule has 2 aromatic carbocycles. The average Bonchev–Trinajstić information content (AvgIpc) is 2.43. The second kappa shape index (κ2) is 5.34. The van der Waals surface area contributed by atoms with E-state index in [0.717, 1.165) is 12.8 Å². The first-order chi connectivity index (χ1) is 9.71. The number of benzene rings is 2. The quantitative estimate of drug-likeness (QED) is 0.795. The Balaban J connectivity index is 1.72. The van der Waals surface area contributed by atoms with Gasteiger partial charge in [0.05, 0.1) is 6.07 Å². The van der Waals surface area contributed by atoms with Crippen LogP contribution in [0.3, 0.4) is 0 Å². The summed E-state index contributed by atoms with van der Waals surface area (Å²) >= 11 is 1.73. The summed E-state index contributed by atoms with van der Waals surface area (Å²) in [7, 11) is 0. The maximum absolute atomic E-state index is 9.56. The predicted molar refractivity (Wildman–Crippen MR) is 83.8 cm³/mol. The second-order valence-electron chi connectivity index (χ2n) is 5.54. The van der Waals surface area contributed by atoms with Gasteiger partial charge in [0, 0.05) is 4.90 Å². The molecular formula is C18H17NS. The molecule has 2 heteroatoms. The Labute approximate surface area is 124 Å². The molecule has 0 atom stereocenters. The lowest BCUT2D eigenvalue weighted by Gasteiger charge is -2.42. The Morgan fingerprint density at radius 2 is 1.85 bits per heavy atom. The molecule has 2 aromatic rings. The summed E-state index contributed by atoms with van der Waals surface area (Å²) in [6, 6.07) is 21.5. The van der Waals surface area contributed by atoms with Crippen molar-refractivity contribution < 1.29 is 0 Å². The number of thioether (sulfide) groups is 1. The Bertz CT molecular complexity index is 636. The highest BCUT2D eigenvalue weighted by molar-refractivity contribution is 8.01. The van der Waals surface area contributed by atoms with E-state index in [2.05, 4.69) is 61.5 Å². The van der Waals surface area contributed by atoms with E-state index in [4.69, 9.17) is 0 Å². The SMILES string of the molecule is Cc1cccc(SC2(C#N)CC(c3ccccc3)C2)c1. The minimum Gasteiger partial charge on any atom is -0.197 e. The molecule has 0 aromatic heterocycles. The fraction of sp³-hybridized carbons (Fsp3) is 0.278. The highest BCUT2D eigenvalue weighted by Crippen LogP contribution is 2.54. The Morgan fingerprint density at radius 1 is 1.10 bits per heavy atom. The smallest absolute Gasteiger partial charge is 0.108 e. The van der Waals surface area contributed by atoms with Gasteiger partial charge in [0.15, 0.2) is 0 Å². The molecule has 0 N–H and O–H groups in total. The first-order valence-electron chi connectivity index (χ1n) is 6.93. The molecule has 0 heterocycles. The van der Waals surface area contributed by atoms with Gasteiger partial charge in [-0.1, -0.05) is 48.0 Å². The summed E-state index contributed by atoms with van der Waals surface area (Å²) < 4.78 is -0.242. The van der Waals surface area contributed by atoms with Crippen molar-refractivity contribution >= 4 is 11.8 Å². The molecule has 0 unspecified atom stereocenters. The van der Waals surface area contributed by atoms with Gasteiger partial charge in [0.1, 0.15) is 4.75 Å². The summed E-state index contributed by atoms with van der Waals surface area (Å²) in [6.45, 7) is 2.09. The normalized spacial score (nSPS) is 24.7. The van der Waals surface area contributed by atoms with Crippen molar-refractivity contribution in [2.45, 2.75) is 35.3 Å². The molecule has 0 aliphatic heterocycles. The van der Waals surface area contributed by atoms with Crippen LogP contribution in [0.5, 0.6) is 0 Å². The molecule has 0 amide bonds. The molecular weight excluding hydrogens is 262 g/mol. The molecule has 20 heavy (non-hydrogen) atoms. The molecule has 0 saturated heterocycles. The highest BCUT2D eigenvalue weighted by Gasteiger charge is 2.46. The molecule has 1 nitrogen and oxygen atoms in total. The monoisotopic (exact) mass is 279 g/mol. The highest BCUT2D eigenvalue weighted by atomic mass is 32.2. The maximum Gasteiger partial charge on any atom is 0.108 e. The molecule has 0 radical (unpaired) electrons. The molecule has 0 bridgehead atoms. The van der Waals surface area contributed by atoms with Crippen LogP contribution >= 0.6 is 11.8 Å². The number of nitrogens with zero attached hydrogens (tertiary/aromatic N) is 1. The third-order valence-electron chi connectivity index (χ3n) is 3.93. The average molecular weight is 279 g/mol. The fourth-order valence-corrected chi connectivity index (χ4v) is 4.26. The lowest BCUT2D eigenvalue weighted by Crippen LogP contribution is -2.38. The van der Waals surface area contributed by atoms with E-state index in [1.54, 1.807) is 11.8 Å². The van der Waals surface area contributed by atoms with Crippen molar-refractivity contribution in [2.75, 3.05) is 0 Å². The van der Waals surface area contributed by atoms with Gasteiger partial charge in [-0.15, -0.1) is 11.8 Å². The number of aryl methyl sites for hydroxylation is 1. The Hall–Kier alpha value is -1.72. The van der Waals surface area contributed by atoms with Gasteiger partial charge >= 0.3 is 0 Å². The van der Waals surface area contributed by atoms with E-state index in [0.29, 0.717) is 5.92 Å². The minimum atomic E-state index is -0.242. The predicted octanol–water partition coefficient (Wildman–Crippen LogP) is 4.93. The van der Waals surface area contributed by atoms with Crippen LogP contribution in [0.15, 0.2) is 59.5 Å². The van der Waals surface area contributed by atoms with Gasteiger partial charge < -0.3 is 0 Å².